The minimum Gasteiger partial charge on any atom is -0.462 e. The Morgan fingerprint density at radius 2 is 0.917 bits per heavy atom. The third kappa shape index (κ3) is 45.0. The molecule has 0 saturated heterocycles. The van der Waals surface area contributed by atoms with Crippen molar-refractivity contribution in [2.45, 2.75) is 187 Å². The maximum atomic E-state index is 12.7. The highest BCUT2D eigenvalue weighted by molar-refractivity contribution is 7.47. The van der Waals surface area contributed by atoms with Crippen LogP contribution in [0.4, 0.5) is 0 Å². The van der Waals surface area contributed by atoms with Crippen molar-refractivity contribution >= 4 is 19.8 Å². The molecule has 0 bridgehead atoms. The molecule has 0 saturated carbocycles. The fraction of sp³-hybridized carbons (Fsp3) is 0.720. The van der Waals surface area contributed by atoms with E-state index in [1.165, 1.54) is 83.5 Å². The van der Waals surface area contributed by atoms with Crippen LogP contribution in [0.3, 0.4) is 0 Å². The summed E-state index contributed by atoms with van der Waals surface area (Å²) in [5.74, 6) is -0.873. The lowest BCUT2D eigenvalue weighted by atomic mass is 10.1. The Bertz CT molecular complexity index is 1250. The number of ether oxygens (including phenoxy) is 2. The SMILES string of the molecule is CCCCC/C=C/C/C=C/C/C=C/C/C=C/CCCC(=O)O[C@H](COC(=O)CCCCCCCCCCC/C=C/C/C=C/CCCCC)COP(=O)(O)OCC[N+](C)(C)C. The summed E-state index contributed by atoms with van der Waals surface area (Å²) in [6.07, 6.45) is 52.4. The van der Waals surface area contributed by atoms with Crippen LogP contribution >= 0.6 is 7.82 Å². The molecule has 1 unspecified atom stereocenters. The lowest BCUT2D eigenvalue weighted by Crippen LogP contribution is -2.37. The number of phosphoric ester groups is 1. The first-order chi connectivity index (χ1) is 29.0. The van der Waals surface area contributed by atoms with Crippen LogP contribution in [0, 0.1) is 0 Å². The molecule has 9 nitrogen and oxygen atoms in total. The van der Waals surface area contributed by atoms with Gasteiger partial charge in [0.05, 0.1) is 27.7 Å². The molecule has 0 aromatic rings. The summed E-state index contributed by atoms with van der Waals surface area (Å²) >= 11 is 0. The topological polar surface area (TPSA) is 108 Å². The molecule has 0 heterocycles. The maximum absolute atomic E-state index is 12.7. The maximum Gasteiger partial charge on any atom is 0.472 e. The quantitative estimate of drug-likeness (QED) is 0.0212. The van der Waals surface area contributed by atoms with Crippen molar-refractivity contribution in [3.8, 4) is 0 Å². The number of hydrogen-bond donors (Lipinski definition) is 1. The van der Waals surface area contributed by atoms with Gasteiger partial charge in [-0.2, -0.15) is 0 Å². The highest BCUT2D eigenvalue weighted by Gasteiger charge is 2.27. The van der Waals surface area contributed by atoms with Crippen molar-refractivity contribution in [2.24, 2.45) is 0 Å². The van der Waals surface area contributed by atoms with E-state index in [1.54, 1.807) is 0 Å². The number of likely N-dealkylation sites (N-methyl/N-ethyl adjacent to an activating group) is 1. The van der Waals surface area contributed by atoms with Crippen LogP contribution in [0.5, 0.6) is 0 Å². The second-order valence-corrected chi connectivity index (χ2v) is 18.2. The van der Waals surface area contributed by atoms with Gasteiger partial charge in [-0.3, -0.25) is 18.6 Å². The first-order valence-electron chi connectivity index (χ1n) is 23.7. The van der Waals surface area contributed by atoms with Gasteiger partial charge in [0.2, 0.25) is 0 Å². The molecule has 0 aromatic carbocycles. The van der Waals surface area contributed by atoms with Crippen LogP contribution in [-0.2, 0) is 32.7 Å². The van der Waals surface area contributed by atoms with Gasteiger partial charge in [-0.1, -0.05) is 157 Å². The van der Waals surface area contributed by atoms with Crippen LogP contribution in [-0.4, -0.2) is 74.9 Å². The minimum absolute atomic E-state index is 0.0176. The number of carbonyl (C=O) groups is 2. The molecule has 0 amide bonds. The second kappa shape index (κ2) is 41.8. The molecule has 0 fully saturated rings. The lowest BCUT2D eigenvalue weighted by molar-refractivity contribution is -0.870. The number of esters is 2. The van der Waals surface area contributed by atoms with Gasteiger partial charge in [0, 0.05) is 12.8 Å². The van der Waals surface area contributed by atoms with Crippen LogP contribution < -0.4 is 0 Å². The molecule has 10 heteroatoms. The summed E-state index contributed by atoms with van der Waals surface area (Å²) in [7, 11) is 1.43. The Morgan fingerprint density at radius 1 is 0.517 bits per heavy atom. The first kappa shape index (κ1) is 57.4. The standard InChI is InChI=1S/C50H88NO8P/c1-6-8-10-12-14-16-18-20-22-24-25-27-28-30-32-34-36-38-40-42-49(52)56-46-48(47-58-60(54,55)57-45-44-51(3,4)5)59-50(53)43-41-39-37-35-33-31-29-26-23-21-19-17-15-13-11-9-7-2/h14-17,20-23,29,31,35,37,48H,6-13,18-19,24-28,30,32-34,36,38-47H2,1-5H3/p+1/b16-14+,17-15+,22-20+,23-21+,31-29+,37-35+/t48-/m1/s1. The average molecular weight is 863 g/mol. The average Bonchev–Trinajstić information content (AvgIpc) is 3.20. The van der Waals surface area contributed by atoms with E-state index in [0.29, 0.717) is 23.9 Å². The van der Waals surface area contributed by atoms with Gasteiger partial charge >= 0.3 is 19.8 Å². The van der Waals surface area contributed by atoms with Crippen molar-refractivity contribution in [1.29, 1.82) is 0 Å². The van der Waals surface area contributed by atoms with Gasteiger partial charge in [-0.25, -0.2) is 4.57 Å². The first-order valence-corrected chi connectivity index (χ1v) is 25.2. The predicted octanol–water partition coefficient (Wildman–Crippen LogP) is 13.8. The van der Waals surface area contributed by atoms with Crippen LogP contribution in [0.1, 0.15) is 181 Å². The number of hydrogen-bond acceptors (Lipinski definition) is 7. The smallest absolute Gasteiger partial charge is 0.462 e. The van der Waals surface area contributed by atoms with Gasteiger partial charge in [0.25, 0.3) is 0 Å². The minimum atomic E-state index is -4.40. The van der Waals surface area contributed by atoms with E-state index in [-0.39, 0.29) is 32.0 Å². The second-order valence-electron chi connectivity index (χ2n) is 16.8. The number of unbranched alkanes of at least 4 members (excludes halogenated alkanes) is 16. The van der Waals surface area contributed by atoms with E-state index in [9.17, 15) is 19.0 Å². The fourth-order valence-corrected chi connectivity index (χ4v) is 6.72. The molecule has 0 aliphatic rings. The molecule has 2 atom stereocenters. The molecule has 60 heavy (non-hydrogen) atoms. The van der Waals surface area contributed by atoms with Crippen LogP contribution in [0.25, 0.3) is 0 Å². The Balaban J connectivity index is 4.41. The summed E-state index contributed by atoms with van der Waals surface area (Å²) in [6, 6.07) is 0. The Hall–Kier alpha value is -2.55. The van der Waals surface area contributed by atoms with Crippen LogP contribution in [0.2, 0.25) is 0 Å². The summed E-state index contributed by atoms with van der Waals surface area (Å²) in [5.41, 5.74) is 0. The van der Waals surface area contributed by atoms with E-state index in [1.807, 2.05) is 27.2 Å². The largest absolute Gasteiger partial charge is 0.472 e. The third-order valence-corrected chi connectivity index (χ3v) is 10.7. The Morgan fingerprint density at radius 3 is 1.38 bits per heavy atom. The molecule has 0 rings (SSSR count). The lowest BCUT2D eigenvalue weighted by Gasteiger charge is -2.24. The summed E-state index contributed by atoms with van der Waals surface area (Å²) in [4.78, 5) is 35.4. The van der Waals surface area contributed by atoms with Gasteiger partial charge in [-0.15, -0.1) is 0 Å². The monoisotopic (exact) mass is 863 g/mol. The Kier molecular flexibility index (Phi) is 40.0. The predicted molar refractivity (Wildman–Crippen MR) is 252 cm³/mol. The molecule has 0 aromatic heterocycles. The molecule has 346 valence electrons. The number of phosphoric acid groups is 1. The summed E-state index contributed by atoms with van der Waals surface area (Å²) in [6.45, 7) is 4.29. The van der Waals surface area contributed by atoms with E-state index in [0.717, 1.165) is 57.8 Å². The zero-order valence-corrected chi connectivity index (χ0v) is 39.8. The zero-order chi connectivity index (χ0) is 44.3. The number of rotatable bonds is 42. The summed E-state index contributed by atoms with van der Waals surface area (Å²) < 4.78 is 34.3. The highest BCUT2D eigenvalue weighted by atomic mass is 31.2. The van der Waals surface area contributed by atoms with Gasteiger partial charge in [0.15, 0.2) is 6.10 Å². The molecule has 0 aliphatic heterocycles. The van der Waals surface area contributed by atoms with E-state index < -0.39 is 26.5 Å². The number of quaternary nitrogens is 1. The van der Waals surface area contributed by atoms with E-state index in [2.05, 4.69) is 80.7 Å². The van der Waals surface area contributed by atoms with Crippen LogP contribution in [0.15, 0.2) is 72.9 Å². The van der Waals surface area contributed by atoms with Crippen molar-refractivity contribution in [2.75, 3.05) is 47.5 Å². The van der Waals surface area contributed by atoms with Gasteiger partial charge in [0.1, 0.15) is 19.8 Å². The van der Waals surface area contributed by atoms with Crippen molar-refractivity contribution in [1.82, 2.24) is 0 Å². The van der Waals surface area contributed by atoms with E-state index >= 15 is 0 Å². The molecule has 0 spiro atoms. The van der Waals surface area contributed by atoms with Crippen molar-refractivity contribution in [3.63, 3.8) is 0 Å². The number of nitrogens with zero attached hydrogens (tertiary/aromatic N) is 1. The van der Waals surface area contributed by atoms with Crippen molar-refractivity contribution < 1.29 is 42.1 Å². The Labute approximate surface area is 368 Å². The normalized spacial score (nSPS) is 14.2. The zero-order valence-electron chi connectivity index (χ0n) is 38.9. The van der Waals surface area contributed by atoms with Gasteiger partial charge < -0.3 is 18.9 Å². The fourth-order valence-electron chi connectivity index (χ4n) is 5.98. The molecular formula is C50H89NO8P+. The van der Waals surface area contributed by atoms with E-state index in [4.69, 9.17) is 18.5 Å². The van der Waals surface area contributed by atoms with Crippen molar-refractivity contribution in [3.05, 3.63) is 72.9 Å². The van der Waals surface area contributed by atoms with Gasteiger partial charge in [-0.05, 0) is 83.5 Å². The number of allylic oxidation sites excluding steroid dienone is 12. The molecule has 0 radical (unpaired) electrons. The molecule has 0 aliphatic carbocycles. The molecular weight excluding hydrogens is 774 g/mol. The third-order valence-electron chi connectivity index (χ3n) is 9.71. The molecule has 1 N–H and O–H groups in total. The highest BCUT2D eigenvalue weighted by Crippen LogP contribution is 2.43. The number of carbonyl (C=O) groups excluding carboxylic acids is 2. The summed E-state index contributed by atoms with van der Waals surface area (Å²) in [5, 5.41) is 0.